The number of pyridine rings is 2. The van der Waals surface area contributed by atoms with Crippen LogP contribution in [0.4, 0.5) is 0 Å². The topological polar surface area (TPSA) is 51.6 Å². The van der Waals surface area contributed by atoms with Crippen molar-refractivity contribution < 1.29 is 0 Å². The first-order valence-electron chi connectivity index (χ1n) is 6.46. The summed E-state index contributed by atoms with van der Waals surface area (Å²) in [7, 11) is 0. The van der Waals surface area contributed by atoms with Gasteiger partial charge in [-0.05, 0) is 18.2 Å². The smallest absolute Gasteiger partial charge is 0.116 e. The first-order chi connectivity index (χ1) is 10.4. The summed E-state index contributed by atoms with van der Waals surface area (Å²) in [5.74, 6) is 0. The van der Waals surface area contributed by atoms with Crippen LogP contribution in [-0.4, -0.2) is 19.9 Å². The Kier molecular flexibility index (Phi) is 2.90. The highest BCUT2D eigenvalue weighted by Crippen LogP contribution is 2.36. The fraction of sp³-hybridized carbons (Fsp3) is 0. The van der Waals surface area contributed by atoms with Crippen LogP contribution in [0.15, 0.2) is 60.8 Å². The number of aromatic nitrogens is 4. The van der Waals surface area contributed by atoms with Gasteiger partial charge in [-0.2, -0.15) is 0 Å². The molecule has 0 aliphatic carbocycles. The Morgan fingerprint density at radius 2 is 1.62 bits per heavy atom. The maximum absolute atomic E-state index is 4.45. The second-order valence-electron chi connectivity index (χ2n) is 4.53. The molecule has 0 radical (unpaired) electrons. The van der Waals surface area contributed by atoms with E-state index in [-0.39, 0.29) is 0 Å². The van der Waals surface area contributed by atoms with Crippen molar-refractivity contribution in [2.45, 2.75) is 0 Å². The van der Waals surface area contributed by atoms with Crippen LogP contribution in [0.25, 0.3) is 32.6 Å². The summed E-state index contributed by atoms with van der Waals surface area (Å²) in [4.78, 5) is 17.2. The van der Waals surface area contributed by atoms with E-state index in [0.717, 1.165) is 32.6 Å². The van der Waals surface area contributed by atoms with Gasteiger partial charge in [-0.3, -0.25) is 9.97 Å². The molecule has 21 heavy (non-hydrogen) atoms. The molecule has 4 nitrogen and oxygen atoms in total. The van der Waals surface area contributed by atoms with Crippen LogP contribution >= 0.6 is 11.3 Å². The van der Waals surface area contributed by atoms with Gasteiger partial charge in [0.1, 0.15) is 6.33 Å². The molecule has 4 aromatic rings. The van der Waals surface area contributed by atoms with Crippen LogP contribution < -0.4 is 0 Å². The minimum absolute atomic E-state index is 0.924. The van der Waals surface area contributed by atoms with Crippen molar-refractivity contribution in [2.24, 2.45) is 0 Å². The van der Waals surface area contributed by atoms with E-state index in [1.807, 2.05) is 36.7 Å². The summed E-state index contributed by atoms with van der Waals surface area (Å²) in [6, 6.07) is 7.90. The van der Waals surface area contributed by atoms with E-state index < -0.39 is 0 Å². The van der Waals surface area contributed by atoms with Crippen LogP contribution in [0.3, 0.4) is 0 Å². The number of thiophene rings is 1. The first kappa shape index (κ1) is 12.1. The third kappa shape index (κ3) is 2.08. The van der Waals surface area contributed by atoms with Crippen molar-refractivity contribution in [2.75, 3.05) is 0 Å². The zero-order chi connectivity index (χ0) is 14.1. The molecule has 100 valence electrons. The van der Waals surface area contributed by atoms with Gasteiger partial charge in [0, 0.05) is 46.9 Å². The molecule has 4 aromatic heterocycles. The first-order valence-corrected chi connectivity index (χ1v) is 7.34. The van der Waals surface area contributed by atoms with Gasteiger partial charge in [0.2, 0.25) is 0 Å². The molecule has 0 atom stereocenters. The van der Waals surface area contributed by atoms with Crippen molar-refractivity contribution in [1.29, 1.82) is 0 Å². The lowest BCUT2D eigenvalue weighted by Crippen LogP contribution is -1.87. The van der Waals surface area contributed by atoms with E-state index in [0.29, 0.717) is 0 Å². The molecule has 0 amide bonds. The monoisotopic (exact) mass is 290 g/mol. The highest BCUT2D eigenvalue weighted by Gasteiger charge is 2.13. The molecular weight excluding hydrogens is 280 g/mol. The molecule has 0 aliphatic rings. The van der Waals surface area contributed by atoms with Gasteiger partial charge < -0.3 is 0 Å². The van der Waals surface area contributed by atoms with Gasteiger partial charge in [-0.15, -0.1) is 11.3 Å². The number of hydrogen-bond acceptors (Lipinski definition) is 5. The summed E-state index contributed by atoms with van der Waals surface area (Å²) < 4.78 is 1.07. The van der Waals surface area contributed by atoms with Gasteiger partial charge in [0.05, 0.1) is 15.9 Å². The van der Waals surface area contributed by atoms with Crippen LogP contribution in [-0.2, 0) is 0 Å². The van der Waals surface area contributed by atoms with Crippen molar-refractivity contribution in [3.63, 3.8) is 0 Å². The standard InChI is InChI=1S/C16H10N4S/c1-3-11(7-17-5-1)13-9-21-16-14(19-10-20-15(13)16)12-4-2-6-18-8-12/h1-10H. The Morgan fingerprint density at radius 1 is 0.857 bits per heavy atom. The molecule has 0 fully saturated rings. The average molecular weight is 290 g/mol. The molecule has 0 aromatic carbocycles. The third-order valence-electron chi connectivity index (χ3n) is 3.26. The fourth-order valence-electron chi connectivity index (χ4n) is 2.29. The van der Waals surface area contributed by atoms with Crippen LogP contribution in [0.1, 0.15) is 0 Å². The molecular formula is C16H10N4S. The van der Waals surface area contributed by atoms with Crippen molar-refractivity contribution in [1.82, 2.24) is 19.9 Å². The van der Waals surface area contributed by atoms with Crippen LogP contribution in [0.5, 0.6) is 0 Å². The van der Waals surface area contributed by atoms with E-state index in [2.05, 4.69) is 25.3 Å². The van der Waals surface area contributed by atoms with Crippen molar-refractivity contribution >= 4 is 21.6 Å². The lowest BCUT2D eigenvalue weighted by molar-refractivity contribution is 1.22. The molecule has 4 heterocycles. The van der Waals surface area contributed by atoms with Crippen molar-refractivity contribution in [3.05, 3.63) is 60.8 Å². The van der Waals surface area contributed by atoms with Crippen molar-refractivity contribution in [3.8, 4) is 22.4 Å². The number of hydrogen-bond donors (Lipinski definition) is 0. The van der Waals surface area contributed by atoms with E-state index in [9.17, 15) is 0 Å². The molecule has 0 bridgehead atoms. The predicted octanol–water partition coefficient (Wildman–Crippen LogP) is 3.82. The Hall–Kier alpha value is -2.66. The van der Waals surface area contributed by atoms with Gasteiger partial charge >= 0.3 is 0 Å². The Morgan fingerprint density at radius 3 is 2.33 bits per heavy atom. The maximum Gasteiger partial charge on any atom is 0.116 e. The lowest BCUT2D eigenvalue weighted by atomic mass is 10.1. The summed E-state index contributed by atoms with van der Waals surface area (Å²) in [6.45, 7) is 0. The fourth-order valence-corrected chi connectivity index (χ4v) is 3.33. The van der Waals surface area contributed by atoms with E-state index in [1.54, 1.807) is 30.1 Å². The molecule has 0 spiro atoms. The Bertz CT molecular complexity index is 888. The molecule has 0 saturated carbocycles. The maximum atomic E-state index is 4.45. The largest absolute Gasteiger partial charge is 0.264 e. The quantitative estimate of drug-likeness (QED) is 0.563. The zero-order valence-corrected chi connectivity index (χ0v) is 11.8. The summed E-state index contributed by atoms with van der Waals surface area (Å²) in [5, 5.41) is 2.11. The minimum atomic E-state index is 0.924. The zero-order valence-electron chi connectivity index (χ0n) is 11.0. The Labute approximate surface area is 125 Å². The van der Waals surface area contributed by atoms with Crippen LogP contribution in [0, 0.1) is 0 Å². The third-order valence-corrected chi connectivity index (χ3v) is 4.24. The molecule has 0 saturated heterocycles. The SMILES string of the molecule is c1cncc(-c2csc3c(-c4cccnc4)ncnc23)c1. The molecule has 0 N–H and O–H groups in total. The Balaban J connectivity index is 1.96. The predicted molar refractivity (Wildman–Crippen MR) is 83.9 cm³/mol. The lowest BCUT2D eigenvalue weighted by Gasteiger charge is -2.02. The van der Waals surface area contributed by atoms with Gasteiger partial charge in [-0.25, -0.2) is 9.97 Å². The minimum Gasteiger partial charge on any atom is -0.264 e. The van der Waals surface area contributed by atoms with E-state index in [4.69, 9.17) is 0 Å². The van der Waals surface area contributed by atoms with Crippen LogP contribution in [0.2, 0.25) is 0 Å². The van der Waals surface area contributed by atoms with Gasteiger partial charge in [-0.1, -0.05) is 6.07 Å². The van der Waals surface area contributed by atoms with E-state index in [1.165, 1.54) is 0 Å². The molecule has 0 unspecified atom stereocenters. The highest BCUT2D eigenvalue weighted by molar-refractivity contribution is 7.18. The van der Waals surface area contributed by atoms with E-state index >= 15 is 0 Å². The number of fused-ring (bicyclic) bond motifs is 1. The van der Waals surface area contributed by atoms with Gasteiger partial charge in [0.25, 0.3) is 0 Å². The highest BCUT2D eigenvalue weighted by atomic mass is 32.1. The second-order valence-corrected chi connectivity index (χ2v) is 5.41. The molecule has 4 rings (SSSR count). The summed E-state index contributed by atoms with van der Waals surface area (Å²) in [5.41, 5.74) is 5.05. The number of nitrogens with zero attached hydrogens (tertiary/aromatic N) is 4. The average Bonchev–Trinajstić information content (AvgIpc) is 3.00. The molecule has 5 heteroatoms. The van der Waals surface area contributed by atoms with Gasteiger partial charge in [0.15, 0.2) is 0 Å². The second kappa shape index (κ2) is 5.03. The number of rotatable bonds is 2. The summed E-state index contributed by atoms with van der Waals surface area (Å²) in [6.07, 6.45) is 8.82. The summed E-state index contributed by atoms with van der Waals surface area (Å²) >= 11 is 1.65. The normalized spacial score (nSPS) is 10.9. The molecule has 0 aliphatic heterocycles.